The molecule has 100 valence electrons. The maximum atomic E-state index is 13.7. The van der Waals surface area contributed by atoms with Crippen LogP contribution in [0.5, 0.6) is 5.75 Å². The Balaban J connectivity index is 2.27. The summed E-state index contributed by atoms with van der Waals surface area (Å²) in [5, 5.41) is 3.04. The van der Waals surface area contributed by atoms with Crippen LogP contribution in [0.25, 0.3) is 0 Å². The number of ether oxygens (including phenoxy) is 1. The Morgan fingerprint density at radius 2 is 2.21 bits per heavy atom. The molecule has 0 spiro atoms. The fraction of sp³-hybridized carbons (Fsp3) is 0.154. The second-order valence-electron chi connectivity index (χ2n) is 3.79. The topological polar surface area (TPSA) is 60.2 Å². The van der Waals surface area contributed by atoms with Crippen LogP contribution in [-0.4, -0.2) is 11.6 Å². The van der Waals surface area contributed by atoms with Crippen molar-refractivity contribution in [3.63, 3.8) is 0 Å². The standard InChI is InChI=1S/C13H13BrFN3O/c1-2-19-12-4-3-8(5-10(12)15)18-13-9(14)6-17-7-11(13)16/h3-7H,2,16H2,1H3,(H,17,18). The van der Waals surface area contributed by atoms with Crippen molar-refractivity contribution in [3.05, 3.63) is 40.9 Å². The second-order valence-corrected chi connectivity index (χ2v) is 4.64. The summed E-state index contributed by atoms with van der Waals surface area (Å²) in [6.45, 7) is 2.23. The molecule has 0 aliphatic carbocycles. The fourth-order valence-corrected chi connectivity index (χ4v) is 2.02. The lowest BCUT2D eigenvalue weighted by atomic mass is 10.2. The SMILES string of the molecule is CCOc1ccc(Nc2c(N)cncc2Br)cc1F. The zero-order chi connectivity index (χ0) is 13.8. The maximum absolute atomic E-state index is 13.7. The lowest BCUT2D eigenvalue weighted by Crippen LogP contribution is -2.00. The van der Waals surface area contributed by atoms with Gasteiger partial charge in [0.05, 0.1) is 28.7 Å². The summed E-state index contributed by atoms with van der Waals surface area (Å²) < 4.78 is 19.6. The van der Waals surface area contributed by atoms with Crippen molar-refractivity contribution in [1.82, 2.24) is 4.98 Å². The zero-order valence-corrected chi connectivity index (χ0v) is 11.9. The fourth-order valence-electron chi connectivity index (χ4n) is 1.58. The molecule has 1 aromatic carbocycles. The predicted octanol–water partition coefficient (Wildman–Crippen LogP) is 3.71. The number of pyridine rings is 1. The van der Waals surface area contributed by atoms with Crippen LogP contribution in [0.4, 0.5) is 21.5 Å². The van der Waals surface area contributed by atoms with Gasteiger partial charge in [-0.1, -0.05) is 0 Å². The molecule has 0 unspecified atom stereocenters. The Morgan fingerprint density at radius 1 is 1.42 bits per heavy atom. The van der Waals surface area contributed by atoms with E-state index in [1.165, 1.54) is 12.3 Å². The van der Waals surface area contributed by atoms with E-state index in [-0.39, 0.29) is 5.75 Å². The van der Waals surface area contributed by atoms with Crippen molar-refractivity contribution in [2.24, 2.45) is 0 Å². The monoisotopic (exact) mass is 325 g/mol. The number of hydrogen-bond donors (Lipinski definition) is 2. The van der Waals surface area contributed by atoms with Gasteiger partial charge in [-0.2, -0.15) is 0 Å². The number of aromatic nitrogens is 1. The highest BCUT2D eigenvalue weighted by molar-refractivity contribution is 9.10. The van der Waals surface area contributed by atoms with Gasteiger partial charge in [-0.15, -0.1) is 0 Å². The third-order valence-corrected chi connectivity index (χ3v) is 3.03. The van der Waals surface area contributed by atoms with E-state index in [4.69, 9.17) is 10.5 Å². The van der Waals surface area contributed by atoms with Gasteiger partial charge in [0.2, 0.25) is 0 Å². The maximum Gasteiger partial charge on any atom is 0.167 e. The number of nitrogen functional groups attached to an aromatic ring is 1. The van der Waals surface area contributed by atoms with Crippen LogP contribution in [-0.2, 0) is 0 Å². The Kier molecular flexibility index (Phi) is 4.21. The van der Waals surface area contributed by atoms with Crippen molar-refractivity contribution < 1.29 is 9.13 Å². The van der Waals surface area contributed by atoms with Gasteiger partial charge in [-0.05, 0) is 35.0 Å². The van der Waals surface area contributed by atoms with Gasteiger partial charge in [0.25, 0.3) is 0 Å². The average molecular weight is 326 g/mol. The highest BCUT2D eigenvalue weighted by atomic mass is 79.9. The van der Waals surface area contributed by atoms with Crippen molar-refractivity contribution in [2.75, 3.05) is 17.7 Å². The summed E-state index contributed by atoms with van der Waals surface area (Å²) in [4.78, 5) is 3.94. The molecule has 6 heteroatoms. The number of halogens is 2. The Labute approximate surface area is 118 Å². The lowest BCUT2D eigenvalue weighted by molar-refractivity contribution is 0.321. The summed E-state index contributed by atoms with van der Waals surface area (Å²) in [5.41, 5.74) is 7.52. The molecule has 1 heterocycles. The van der Waals surface area contributed by atoms with Gasteiger partial charge in [-0.25, -0.2) is 4.39 Å². The molecule has 0 radical (unpaired) electrons. The number of anilines is 3. The second kappa shape index (κ2) is 5.88. The third kappa shape index (κ3) is 3.14. The minimum atomic E-state index is -0.421. The van der Waals surface area contributed by atoms with Crippen molar-refractivity contribution in [2.45, 2.75) is 6.92 Å². The van der Waals surface area contributed by atoms with Gasteiger partial charge in [0.1, 0.15) is 0 Å². The Bertz CT molecular complexity index is 572. The first-order chi connectivity index (χ1) is 9.11. The van der Waals surface area contributed by atoms with Crippen LogP contribution < -0.4 is 15.8 Å². The smallest absolute Gasteiger partial charge is 0.167 e. The normalized spacial score (nSPS) is 10.3. The molecule has 0 atom stereocenters. The quantitative estimate of drug-likeness (QED) is 0.899. The first kappa shape index (κ1) is 13.6. The molecule has 0 saturated carbocycles. The molecular formula is C13H13BrFN3O. The molecule has 0 aliphatic heterocycles. The molecule has 3 N–H and O–H groups in total. The first-order valence-corrected chi connectivity index (χ1v) is 6.49. The van der Waals surface area contributed by atoms with Crippen molar-refractivity contribution in [1.29, 1.82) is 0 Å². The molecule has 0 aliphatic rings. The first-order valence-electron chi connectivity index (χ1n) is 5.70. The minimum absolute atomic E-state index is 0.231. The number of benzene rings is 1. The summed E-state index contributed by atoms with van der Waals surface area (Å²) in [5.74, 6) is -0.189. The van der Waals surface area contributed by atoms with Crippen LogP contribution in [0.2, 0.25) is 0 Å². The van der Waals surface area contributed by atoms with Crippen molar-refractivity contribution in [3.8, 4) is 5.75 Å². The largest absolute Gasteiger partial charge is 0.491 e. The van der Waals surface area contributed by atoms with E-state index in [0.717, 1.165) is 0 Å². The predicted molar refractivity (Wildman–Crippen MR) is 77.2 cm³/mol. The molecule has 2 rings (SSSR count). The molecule has 19 heavy (non-hydrogen) atoms. The molecule has 2 aromatic rings. The van der Waals surface area contributed by atoms with E-state index in [2.05, 4.69) is 26.2 Å². The molecule has 0 amide bonds. The van der Waals surface area contributed by atoms with E-state index >= 15 is 0 Å². The molecular weight excluding hydrogens is 313 g/mol. The van der Waals surface area contributed by atoms with Gasteiger partial charge < -0.3 is 15.8 Å². The van der Waals surface area contributed by atoms with Crippen LogP contribution in [0, 0.1) is 5.82 Å². The van der Waals surface area contributed by atoms with Gasteiger partial charge in [-0.3, -0.25) is 4.98 Å². The number of hydrogen-bond acceptors (Lipinski definition) is 4. The highest BCUT2D eigenvalue weighted by Crippen LogP contribution is 2.31. The Morgan fingerprint density at radius 3 is 2.84 bits per heavy atom. The van der Waals surface area contributed by atoms with E-state index < -0.39 is 5.82 Å². The summed E-state index contributed by atoms with van der Waals surface area (Å²) in [6.07, 6.45) is 3.14. The molecule has 0 saturated heterocycles. The number of nitrogens with one attached hydrogen (secondary N) is 1. The lowest BCUT2D eigenvalue weighted by Gasteiger charge is -2.12. The number of nitrogens with two attached hydrogens (primary N) is 1. The Hall–Kier alpha value is -1.82. The van der Waals surface area contributed by atoms with Crippen molar-refractivity contribution >= 4 is 33.0 Å². The number of nitrogens with zero attached hydrogens (tertiary/aromatic N) is 1. The molecule has 1 aromatic heterocycles. The van der Waals surface area contributed by atoms with Crippen LogP contribution in [0.3, 0.4) is 0 Å². The van der Waals surface area contributed by atoms with Crippen LogP contribution in [0.15, 0.2) is 35.1 Å². The zero-order valence-electron chi connectivity index (χ0n) is 10.3. The van der Waals surface area contributed by atoms with Gasteiger partial charge in [0, 0.05) is 18.0 Å². The molecule has 4 nitrogen and oxygen atoms in total. The third-order valence-electron chi connectivity index (χ3n) is 2.43. The summed E-state index contributed by atoms with van der Waals surface area (Å²) in [6, 6.07) is 4.66. The summed E-state index contributed by atoms with van der Waals surface area (Å²) in [7, 11) is 0. The summed E-state index contributed by atoms with van der Waals surface area (Å²) >= 11 is 3.34. The van der Waals surface area contributed by atoms with E-state index in [9.17, 15) is 4.39 Å². The molecule has 0 bridgehead atoms. The van der Waals surface area contributed by atoms with Crippen LogP contribution in [0.1, 0.15) is 6.92 Å². The minimum Gasteiger partial charge on any atom is -0.491 e. The van der Waals surface area contributed by atoms with Gasteiger partial charge >= 0.3 is 0 Å². The highest BCUT2D eigenvalue weighted by Gasteiger charge is 2.08. The van der Waals surface area contributed by atoms with E-state index in [1.54, 1.807) is 25.3 Å². The molecule has 0 fully saturated rings. The average Bonchev–Trinajstić information content (AvgIpc) is 2.37. The number of rotatable bonds is 4. The van der Waals surface area contributed by atoms with Crippen LogP contribution >= 0.6 is 15.9 Å². The van der Waals surface area contributed by atoms with E-state index in [1.807, 2.05) is 0 Å². The van der Waals surface area contributed by atoms with E-state index in [0.29, 0.717) is 28.1 Å². The van der Waals surface area contributed by atoms with Gasteiger partial charge in [0.15, 0.2) is 11.6 Å².